The first-order valence-electron chi connectivity index (χ1n) is 7.75. The number of alkyl halides is 2. The Morgan fingerprint density at radius 1 is 1.27 bits per heavy atom. The predicted octanol–water partition coefficient (Wildman–Crippen LogP) is 3.46. The lowest BCUT2D eigenvalue weighted by Crippen LogP contribution is -2.29. The number of nitrogens with zero attached hydrogens (tertiary/aromatic N) is 5. The van der Waals surface area contributed by atoms with Crippen LogP contribution in [0.15, 0.2) is 54.1 Å². The summed E-state index contributed by atoms with van der Waals surface area (Å²) in [6, 6.07) is 9.38. The summed E-state index contributed by atoms with van der Waals surface area (Å²) >= 11 is 1.42. The van der Waals surface area contributed by atoms with E-state index >= 15 is 0 Å². The van der Waals surface area contributed by atoms with Crippen LogP contribution in [0.4, 0.5) is 8.78 Å². The molecule has 0 N–H and O–H groups in total. The van der Waals surface area contributed by atoms with Crippen molar-refractivity contribution < 1.29 is 13.6 Å². The van der Waals surface area contributed by atoms with Gasteiger partial charge in [0.25, 0.3) is 5.91 Å². The van der Waals surface area contributed by atoms with Gasteiger partial charge in [-0.1, -0.05) is 30.0 Å². The van der Waals surface area contributed by atoms with Crippen molar-refractivity contribution in [1.82, 2.24) is 24.0 Å². The van der Waals surface area contributed by atoms with E-state index in [0.717, 1.165) is 10.3 Å². The molecule has 3 rings (SSSR count). The van der Waals surface area contributed by atoms with Gasteiger partial charge < -0.3 is 4.90 Å². The van der Waals surface area contributed by atoms with E-state index in [0.29, 0.717) is 10.9 Å². The third-order valence-corrected chi connectivity index (χ3v) is 4.48. The number of halogens is 2. The van der Waals surface area contributed by atoms with Gasteiger partial charge in [0, 0.05) is 25.1 Å². The minimum absolute atomic E-state index is 0.0370. The zero-order valence-electron chi connectivity index (χ0n) is 14.2. The SMILES string of the molecule is CSc1ncc(C(=O)N(C)Cc2nccn2C(F)F)n1-c1ccccc1. The maximum Gasteiger partial charge on any atom is 0.319 e. The second kappa shape index (κ2) is 7.69. The Balaban J connectivity index is 1.90. The molecule has 0 radical (unpaired) electrons. The van der Waals surface area contributed by atoms with Gasteiger partial charge in [0.1, 0.15) is 11.5 Å². The maximum absolute atomic E-state index is 13.0. The number of hydrogen-bond donors (Lipinski definition) is 0. The number of para-hydroxylation sites is 1. The largest absolute Gasteiger partial charge is 0.333 e. The molecule has 1 amide bonds. The summed E-state index contributed by atoms with van der Waals surface area (Å²) in [6.45, 7) is -2.74. The Morgan fingerprint density at radius 2 is 2.00 bits per heavy atom. The van der Waals surface area contributed by atoms with E-state index in [1.165, 1.54) is 35.3 Å². The Labute approximate surface area is 153 Å². The molecule has 0 aliphatic carbocycles. The highest BCUT2D eigenvalue weighted by atomic mass is 32.2. The molecule has 0 aliphatic heterocycles. The first kappa shape index (κ1) is 18.1. The second-order valence-corrected chi connectivity index (χ2v) is 6.26. The fraction of sp³-hybridized carbons (Fsp3) is 0.235. The van der Waals surface area contributed by atoms with Gasteiger partial charge in [-0.25, -0.2) is 9.97 Å². The van der Waals surface area contributed by atoms with E-state index < -0.39 is 6.55 Å². The number of benzene rings is 1. The molecule has 0 aliphatic rings. The van der Waals surface area contributed by atoms with Gasteiger partial charge >= 0.3 is 6.55 Å². The molecule has 0 saturated carbocycles. The zero-order chi connectivity index (χ0) is 18.7. The number of thioether (sulfide) groups is 1. The Hall–Kier alpha value is -2.68. The average molecular weight is 377 g/mol. The summed E-state index contributed by atoms with van der Waals surface area (Å²) in [5.41, 5.74) is 1.17. The van der Waals surface area contributed by atoms with Crippen molar-refractivity contribution >= 4 is 17.7 Å². The van der Waals surface area contributed by atoms with Gasteiger partial charge in [-0.05, 0) is 18.4 Å². The van der Waals surface area contributed by atoms with Gasteiger partial charge in [-0.2, -0.15) is 8.78 Å². The molecule has 6 nitrogen and oxygen atoms in total. The third kappa shape index (κ3) is 3.48. The van der Waals surface area contributed by atoms with Gasteiger partial charge in [0.2, 0.25) is 0 Å². The number of carbonyl (C=O) groups is 1. The van der Waals surface area contributed by atoms with Crippen molar-refractivity contribution in [1.29, 1.82) is 0 Å². The van der Waals surface area contributed by atoms with Gasteiger partial charge in [0.15, 0.2) is 5.16 Å². The number of hydrogen-bond acceptors (Lipinski definition) is 4. The van der Waals surface area contributed by atoms with Gasteiger partial charge in [0.05, 0.1) is 12.7 Å². The highest BCUT2D eigenvalue weighted by molar-refractivity contribution is 7.98. The first-order chi connectivity index (χ1) is 12.5. The number of aromatic nitrogens is 4. The zero-order valence-corrected chi connectivity index (χ0v) is 15.0. The summed E-state index contributed by atoms with van der Waals surface area (Å²) in [5.74, 6) is -0.211. The molecule has 0 atom stereocenters. The summed E-state index contributed by atoms with van der Waals surface area (Å²) < 4.78 is 28.4. The Bertz CT molecular complexity index is 894. The molecule has 26 heavy (non-hydrogen) atoms. The van der Waals surface area contributed by atoms with Crippen LogP contribution >= 0.6 is 11.8 Å². The van der Waals surface area contributed by atoms with E-state index in [1.807, 2.05) is 36.6 Å². The first-order valence-corrected chi connectivity index (χ1v) is 8.98. The quantitative estimate of drug-likeness (QED) is 0.618. The molecule has 136 valence electrons. The molecule has 0 unspecified atom stereocenters. The predicted molar refractivity (Wildman–Crippen MR) is 94.6 cm³/mol. The Kier molecular flexibility index (Phi) is 5.36. The molecule has 3 aromatic rings. The highest BCUT2D eigenvalue weighted by Gasteiger charge is 2.22. The second-order valence-electron chi connectivity index (χ2n) is 5.49. The number of amides is 1. The number of imidazole rings is 2. The normalized spacial score (nSPS) is 11.1. The van der Waals surface area contributed by atoms with Crippen molar-refractivity contribution in [2.45, 2.75) is 18.3 Å². The lowest BCUT2D eigenvalue weighted by molar-refractivity contribution is 0.0610. The van der Waals surface area contributed by atoms with Crippen LogP contribution < -0.4 is 0 Å². The fourth-order valence-electron chi connectivity index (χ4n) is 2.58. The smallest absolute Gasteiger partial charge is 0.319 e. The van der Waals surface area contributed by atoms with E-state index in [-0.39, 0.29) is 18.3 Å². The van der Waals surface area contributed by atoms with Crippen molar-refractivity contribution in [2.75, 3.05) is 13.3 Å². The molecule has 2 aromatic heterocycles. The number of carbonyl (C=O) groups excluding carboxylic acids is 1. The lowest BCUT2D eigenvalue weighted by Gasteiger charge is -2.19. The summed E-state index contributed by atoms with van der Waals surface area (Å²) in [7, 11) is 1.55. The molecule has 0 saturated heterocycles. The molecular weight excluding hydrogens is 360 g/mol. The molecular formula is C17H17F2N5OS. The summed E-state index contributed by atoms with van der Waals surface area (Å²) in [4.78, 5) is 22.5. The topological polar surface area (TPSA) is 56.0 Å². The summed E-state index contributed by atoms with van der Waals surface area (Å²) in [5, 5.41) is 0.669. The van der Waals surface area contributed by atoms with Gasteiger partial charge in [-0.3, -0.25) is 13.9 Å². The van der Waals surface area contributed by atoms with Crippen LogP contribution in [0.2, 0.25) is 0 Å². The van der Waals surface area contributed by atoms with E-state index in [4.69, 9.17) is 0 Å². The van der Waals surface area contributed by atoms with E-state index in [9.17, 15) is 13.6 Å². The van der Waals surface area contributed by atoms with Crippen molar-refractivity contribution in [3.63, 3.8) is 0 Å². The minimum Gasteiger partial charge on any atom is -0.333 e. The standard InChI is InChI=1S/C17H17F2N5OS/c1-22(11-14-20-8-9-23(14)16(18)19)15(25)13-10-21-17(26-2)24(13)12-6-4-3-5-7-12/h3-10,16H,11H2,1-2H3. The van der Waals surface area contributed by atoms with Crippen LogP contribution in [0.3, 0.4) is 0 Å². The molecule has 0 bridgehead atoms. The molecule has 0 spiro atoms. The maximum atomic E-state index is 13.0. The van der Waals surface area contributed by atoms with Crippen LogP contribution in [0.5, 0.6) is 0 Å². The monoisotopic (exact) mass is 377 g/mol. The minimum atomic E-state index is -2.70. The van der Waals surface area contributed by atoms with E-state index in [1.54, 1.807) is 11.6 Å². The van der Waals surface area contributed by atoms with Crippen LogP contribution in [-0.4, -0.2) is 43.2 Å². The molecule has 2 heterocycles. The highest BCUT2D eigenvalue weighted by Crippen LogP contribution is 2.23. The average Bonchev–Trinajstić information content (AvgIpc) is 3.28. The van der Waals surface area contributed by atoms with Crippen molar-refractivity contribution in [2.24, 2.45) is 0 Å². The molecule has 9 heteroatoms. The molecule has 1 aromatic carbocycles. The fourth-order valence-corrected chi connectivity index (χ4v) is 3.12. The summed E-state index contributed by atoms with van der Waals surface area (Å²) in [6.07, 6.45) is 5.86. The van der Waals surface area contributed by atoms with Crippen molar-refractivity contribution in [3.05, 3.63) is 60.4 Å². The lowest BCUT2D eigenvalue weighted by atomic mass is 10.3. The van der Waals surface area contributed by atoms with Crippen LogP contribution in [-0.2, 0) is 6.54 Å². The Morgan fingerprint density at radius 3 is 2.65 bits per heavy atom. The van der Waals surface area contributed by atoms with Crippen molar-refractivity contribution in [3.8, 4) is 5.69 Å². The van der Waals surface area contributed by atoms with Gasteiger partial charge in [-0.15, -0.1) is 0 Å². The van der Waals surface area contributed by atoms with Crippen LogP contribution in [0.25, 0.3) is 5.69 Å². The third-order valence-electron chi connectivity index (χ3n) is 3.83. The van der Waals surface area contributed by atoms with E-state index in [2.05, 4.69) is 9.97 Å². The van der Waals surface area contributed by atoms with Crippen LogP contribution in [0, 0.1) is 0 Å². The molecule has 0 fully saturated rings. The van der Waals surface area contributed by atoms with Crippen LogP contribution in [0.1, 0.15) is 22.9 Å². The number of rotatable bonds is 6.